The first-order valence-corrected chi connectivity index (χ1v) is 8.02. The maximum absolute atomic E-state index is 12.6. The second-order valence-electron chi connectivity index (χ2n) is 5.04. The Labute approximate surface area is 114 Å². The molecule has 108 valence electrons. The van der Waals surface area contributed by atoms with Crippen LogP contribution < -0.4 is 0 Å². The summed E-state index contributed by atoms with van der Waals surface area (Å²) < 4.78 is 28.3. The Morgan fingerprint density at radius 3 is 2.74 bits per heavy atom. The summed E-state index contributed by atoms with van der Waals surface area (Å²) in [5.74, 6) is 0.864. The average molecular weight is 287 g/mol. The average Bonchev–Trinajstić information content (AvgIpc) is 2.92. The van der Waals surface area contributed by atoms with Gasteiger partial charge < -0.3 is 9.67 Å². The first-order chi connectivity index (χ1) is 8.91. The van der Waals surface area contributed by atoms with Crippen LogP contribution in [0.4, 0.5) is 0 Å². The summed E-state index contributed by atoms with van der Waals surface area (Å²) in [6.45, 7) is 6.69. The van der Waals surface area contributed by atoms with Crippen LogP contribution >= 0.6 is 0 Å². The van der Waals surface area contributed by atoms with Gasteiger partial charge in [-0.2, -0.15) is 4.31 Å². The van der Waals surface area contributed by atoms with E-state index in [0.717, 1.165) is 6.42 Å². The van der Waals surface area contributed by atoms with E-state index in [1.165, 1.54) is 4.31 Å². The smallest absolute Gasteiger partial charge is 0.262 e. The first-order valence-electron chi connectivity index (χ1n) is 6.58. The van der Waals surface area contributed by atoms with Crippen molar-refractivity contribution < 1.29 is 13.5 Å². The van der Waals surface area contributed by atoms with Crippen molar-refractivity contribution in [1.82, 2.24) is 13.9 Å². The Morgan fingerprint density at radius 2 is 2.21 bits per heavy atom. The van der Waals surface area contributed by atoms with Gasteiger partial charge in [-0.05, 0) is 26.2 Å². The minimum atomic E-state index is -3.60. The zero-order valence-electron chi connectivity index (χ0n) is 11.6. The maximum atomic E-state index is 12.6. The van der Waals surface area contributed by atoms with E-state index in [1.54, 1.807) is 17.7 Å². The van der Waals surface area contributed by atoms with Crippen molar-refractivity contribution in [3.63, 3.8) is 0 Å². The van der Waals surface area contributed by atoms with Gasteiger partial charge in [0.25, 0.3) is 10.0 Å². The highest BCUT2D eigenvalue weighted by Crippen LogP contribution is 2.29. The molecular formula is C12H21N3O3S. The second-order valence-corrected chi connectivity index (χ2v) is 6.88. The number of aryl methyl sites for hydroxylation is 2. The third kappa shape index (κ3) is 2.42. The number of rotatable bonds is 4. The molecular weight excluding hydrogens is 266 g/mol. The molecule has 7 heteroatoms. The van der Waals surface area contributed by atoms with Gasteiger partial charge in [-0.1, -0.05) is 6.92 Å². The fourth-order valence-corrected chi connectivity index (χ4v) is 4.31. The highest BCUT2D eigenvalue weighted by Gasteiger charge is 2.40. The lowest BCUT2D eigenvalue weighted by molar-refractivity contribution is 0.191. The topological polar surface area (TPSA) is 75.4 Å². The van der Waals surface area contributed by atoms with E-state index in [0.29, 0.717) is 18.9 Å². The maximum Gasteiger partial charge on any atom is 0.262 e. The summed E-state index contributed by atoms with van der Waals surface area (Å²) in [6, 6.07) is -0.336. The fraction of sp³-hybridized carbons (Fsp3) is 0.750. The van der Waals surface area contributed by atoms with Crippen LogP contribution in [0.15, 0.2) is 11.2 Å². The van der Waals surface area contributed by atoms with Gasteiger partial charge in [-0.3, -0.25) is 0 Å². The van der Waals surface area contributed by atoms with E-state index in [4.69, 9.17) is 0 Å². The van der Waals surface area contributed by atoms with E-state index in [-0.39, 0.29) is 23.6 Å². The Hall–Kier alpha value is -0.920. The Morgan fingerprint density at radius 1 is 1.53 bits per heavy atom. The highest BCUT2D eigenvalue weighted by atomic mass is 32.2. The Balaban J connectivity index is 2.36. The summed E-state index contributed by atoms with van der Waals surface area (Å²) in [4.78, 5) is 4.14. The molecule has 0 aliphatic carbocycles. The molecule has 0 bridgehead atoms. The predicted molar refractivity (Wildman–Crippen MR) is 71.2 cm³/mol. The zero-order chi connectivity index (χ0) is 14.2. The van der Waals surface area contributed by atoms with Gasteiger partial charge in [0.1, 0.15) is 5.82 Å². The van der Waals surface area contributed by atoms with Gasteiger partial charge in [0.05, 0.1) is 12.6 Å². The van der Waals surface area contributed by atoms with Crippen LogP contribution in [0.3, 0.4) is 0 Å². The largest absolute Gasteiger partial charge is 0.395 e. The van der Waals surface area contributed by atoms with Gasteiger partial charge >= 0.3 is 0 Å². The molecule has 2 atom stereocenters. The van der Waals surface area contributed by atoms with Crippen LogP contribution in [0.1, 0.15) is 26.1 Å². The van der Waals surface area contributed by atoms with E-state index < -0.39 is 10.0 Å². The number of aliphatic hydroxyl groups excluding tert-OH is 1. The fourth-order valence-electron chi connectivity index (χ4n) is 2.59. The minimum Gasteiger partial charge on any atom is -0.395 e. The first kappa shape index (κ1) is 14.5. The van der Waals surface area contributed by atoms with E-state index in [1.807, 2.05) is 13.8 Å². The number of aliphatic hydroxyl groups is 1. The van der Waals surface area contributed by atoms with Crippen LogP contribution in [-0.2, 0) is 16.6 Å². The quantitative estimate of drug-likeness (QED) is 0.880. The van der Waals surface area contributed by atoms with Gasteiger partial charge in [-0.15, -0.1) is 0 Å². The molecule has 2 rings (SSSR count). The van der Waals surface area contributed by atoms with Gasteiger partial charge in [0.15, 0.2) is 5.03 Å². The Kier molecular flexibility index (Phi) is 3.98. The van der Waals surface area contributed by atoms with Crippen LogP contribution in [0.2, 0.25) is 0 Å². The molecule has 0 spiro atoms. The van der Waals surface area contributed by atoms with E-state index in [2.05, 4.69) is 4.98 Å². The van der Waals surface area contributed by atoms with Crippen molar-refractivity contribution in [2.75, 3.05) is 13.2 Å². The standard InChI is InChI=1S/C12H21N3O3S/c1-4-14-7-12(13-10(14)3)19(17,18)15-6-5-9(2)11(15)8-16/h7,9,11,16H,4-6,8H2,1-3H3. The third-order valence-corrected chi connectivity index (χ3v) is 5.68. The Bertz CT molecular complexity index is 553. The van der Waals surface area contributed by atoms with E-state index >= 15 is 0 Å². The molecule has 1 saturated heterocycles. The third-order valence-electron chi connectivity index (χ3n) is 3.89. The zero-order valence-corrected chi connectivity index (χ0v) is 12.4. The summed E-state index contributed by atoms with van der Waals surface area (Å²) in [5.41, 5.74) is 0. The molecule has 1 aromatic rings. The molecule has 1 aliphatic heterocycles. The second kappa shape index (κ2) is 5.22. The number of hydrogen-bond acceptors (Lipinski definition) is 4. The molecule has 0 radical (unpaired) electrons. The minimum absolute atomic E-state index is 0.0828. The van der Waals surface area contributed by atoms with Gasteiger partial charge in [0.2, 0.25) is 0 Å². The van der Waals surface area contributed by atoms with Gasteiger partial charge in [-0.25, -0.2) is 13.4 Å². The van der Waals surface area contributed by atoms with Crippen LogP contribution in [0.25, 0.3) is 0 Å². The molecule has 0 amide bonds. The van der Waals surface area contributed by atoms with Crippen LogP contribution in [0, 0.1) is 12.8 Å². The lowest BCUT2D eigenvalue weighted by Crippen LogP contribution is -2.39. The lowest BCUT2D eigenvalue weighted by atomic mass is 10.0. The van der Waals surface area contributed by atoms with Crippen molar-refractivity contribution in [3.05, 3.63) is 12.0 Å². The van der Waals surface area contributed by atoms with Crippen LogP contribution in [-0.4, -0.2) is 46.6 Å². The summed E-state index contributed by atoms with van der Waals surface area (Å²) in [7, 11) is -3.60. The number of aromatic nitrogens is 2. The van der Waals surface area contributed by atoms with Crippen molar-refractivity contribution >= 4 is 10.0 Å². The molecule has 2 unspecified atom stereocenters. The molecule has 1 aromatic heterocycles. The van der Waals surface area contributed by atoms with Crippen molar-refractivity contribution in [2.24, 2.45) is 5.92 Å². The molecule has 19 heavy (non-hydrogen) atoms. The van der Waals surface area contributed by atoms with E-state index in [9.17, 15) is 13.5 Å². The number of sulfonamides is 1. The van der Waals surface area contributed by atoms with Crippen molar-refractivity contribution in [3.8, 4) is 0 Å². The molecule has 1 aliphatic rings. The molecule has 2 heterocycles. The lowest BCUT2D eigenvalue weighted by Gasteiger charge is -2.23. The molecule has 6 nitrogen and oxygen atoms in total. The molecule has 1 N–H and O–H groups in total. The SMILES string of the molecule is CCn1cc(S(=O)(=O)N2CCC(C)C2CO)nc1C. The highest BCUT2D eigenvalue weighted by molar-refractivity contribution is 7.89. The van der Waals surface area contributed by atoms with Crippen molar-refractivity contribution in [1.29, 1.82) is 0 Å². The summed E-state index contributed by atoms with van der Waals surface area (Å²) >= 11 is 0. The number of nitrogens with zero attached hydrogens (tertiary/aromatic N) is 3. The van der Waals surface area contributed by atoms with Crippen LogP contribution in [0.5, 0.6) is 0 Å². The number of hydrogen-bond donors (Lipinski definition) is 1. The normalized spacial score (nSPS) is 25.1. The predicted octanol–water partition coefficient (Wildman–Crippen LogP) is 0.603. The molecule has 0 saturated carbocycles. The van der Waals surface area contributed by atoms with Gasteiger partial charge in [0, 0.05) is 19.3 Å². The molecule has 1 fully saturated rings. The number of imidazole rings is 1. The van der Waals surface area contributed by atoms with Crippen molar-refractivity contribution in [2.45, 2.75) is 44.8 Å². The summed E-state index contributed by atoms with van der Waals surface area (Å²) in [6.07, 6.45) is 2.35. The monoisotopic (exact) mass is 287 g/mol. The molecule has 0 aromatic carbocycles. The summed E-state index contributed by atoms with van der Waals surface area (Å²) in [5, 5.41) is 9.47.